The second-order valence-electron chi connectivity index (χ2n) is 4.56. The fraction of sp³-hybridized carbons (Fsp3) is 0.235. The molecule has 2 aromatic rings. The molecule has 1 N–H and O–H groups in total. The summed E-state index contributed by atoms with van der Waals surface area (Å²) in [5.41, 5.74) is 2.92. The molecular weight excluding hydrogens is 234 g/mol. The average Bonchev–Trinajstić information content (AvgIpc) is 2.47. The van der Waals surface area contributed by atoms with Gasteiger partial charge < -0.3 is 5.32 Å². The van der Waals surface area contributed by atoms with E-state index in [1.54, 1.807) is 0 Å². The van der Waals surface area contributed by atoms with Crippen molar-refractivity contribution in [3.8, 4) is 0 Å². The largest absolute Gasteiger partial charge is 0.380 e. The van der Waals surface area contributed by atoms with Gasteiger partial charge in [0.25, 0.3) is 0 Å². The highest BCUT2D eigenvalue weighted by molar-refractivity contribution is 6.01. The van der Waals surface area contributed by atoms with E-state index in [4.69, 9.17) is 0 Å². The van der Waals surface area contributed by atoms with Gasteiger partial charge in [-0.15, -0.1) is 0 Å². The van der Waals surface area contributed by atoms with Crippen LogP contribution in [0.4, 0.5) is 5.69 Å². The van der Waals surface area contributed by atoms with Crippen LogP contribution in [-0.4, -0.2) is 5.78 Å². The van der Waals surface area contributed by atoms with Gasteiger partial charge in [0.1, 0.15) is 0 Å². The molecule has 0 aliphatic carbocycles. The second kappa shape index (κ2) is 6.74. The topological polar surface area (TPSA) is 29.1 Å². The molecule has 0 atom stereocenters. The van der Waals surface area contributed by atoms with Crippen LogP contribution in [0.5, 0.6) is 0 Å². The van der Waals surface area contributed by atoms with Crippen LogP contribution in [0.15, 0.2) is 54.6 Å². The second-order valence-corrected chi connectivity index (χ2v) is 4.56. The van der Waals surface area contributed by atoms with E-state index in [9.17, 15) is 4.79 Å². The summed E-state index contributed by atoms with van der Waals surface area (Å²) in [4.78, 5) is 12.0. The number of ketones is 1. The molecule has 0 fully saturated rings. The van der Waals surface area contributed by atoms with E-state index in [2.05, 4.69) is 17.4 Å². The number of carbonyl (C=O) groups excluding carboxylic acids is 1. The number of Topliss-reactive ketones (excluding diaryl/α,β-unsaturated/α-hetero) is 1. The van der Waals surface area contributed by atoms with Crippen molar-refractivity contribution in [1.29, 1.82) is 0 Å². The lowest BCUT2D eigenvalue weighted by Gasteiger charge is -2.11. The molecule has 0 aromatic heterocycles. The molecule has 0 aliphatic heterocycles. The molecule has 0 radical (unpaired) electrons. The number of anilines is 1. The Kier molecular flexibility index (Phi) is 4.73. The monoisotopic (exact) mass is 253 g/mol. The van der Waals surface area contributed by atoms with Crippen LogP contribution in [0.25, 0.3) is 0 Å². The minimum Gasteiger partial charge on any atom is -0.380 e. The normalized spacial score (nSPS) is 10.2. The van der Waals surface area contributed by atoms with Gasteiger partial charge in [0, 0.05) is 24.2 Å². The Labute approximate surface area is 114 Å². The van der Waals surface area contributed by atoms with Crippen molar-refractivity contribution in [2.75, 3.05) is 5.32 Å². The zero-order valence-electron chi connectivity index (χ0n) is 11.2. The number of benzene rings is 2. The first-order valence-electron chi connectivity index (χ1n) is 6.71. The summed E-state index contributed by atoms with van der Waals surface area (Å²) in [5.74, 6) is 0.207. The van der Waals surface area contributed by atoms with Crippen LogP contribution >= 0.6 is 0 Å². The Balaban J connectivity index is 2.10. The summed E-state index contributed by atoms with van der Waals surface area (Å²) in [6.45, 7) is 2.76. The van der Waals surface area contributed by atoms with Gasteiger partial charge in [0.2, 0.25) is 0 Å². The zero-order valence-corrected chi connectivity index (χ0v) is 11.2. The molecule has 2 heteroatoms. The van der Waals surface area contributed by atoms with E-state index in [0.29, 0.717) is 6.42 Å². The number of hydrogen-bond donors (Lipinski definition) is 1. The summed E-state index contributed by atoms with van der Waals surface area (Å²) in [7, 11) is 0. The molecule has 0 unspecified atom stereocenters. The summed E-state index contributed by atoms with van der Waals surface area (Å²) >= 11 is 0. The Bertz CT molecular complexity index is 534. The first kappa shape index (κ1) is 13.3. The van der Waals surface area contributed by atoms with Gasteiger partial charge in [-0.05, 0) is 24.1 Å². The molecule has 2 aromatic carbocycles. The predicted molar refractivity (Wildman–Crippen MR) is 79.4 cm³/mol. The fourth-order valence-electron chi connectivity index (χ4n) is 2.04. The molecule has 2 rings (SSSR count). The van der Waals surface area contributed by atoms with Crippen LogP contribution in [0.2, 0.25) is 0 Å². The lowest BCUT2D eigenvalue weighted by Crippen LogP contribution is -2.06. The van der Waals surface area contributed by atoms with Crippen molar-refractivity contribution >= 4 is 11.5 Å². The van der Waals surface area contributed by atoms with Gasteiger partial charge in [0.05, 0.1) is 0 Å². The van der Waals surface area contributed by atoms with Crippen molar-refractivity contribution in [2.45, 2.75) is 26.3 Å². The van der Waals surface area contributed by atoms with Crippen LogP contribution < -0.4 is 5.32 Å². The fourth-order valence-corrected chi connectivity index (χ4v) is 2.04. The molecule has 0 bridgehead atoms. The molecule has 0 amide bonds. The van der Waals surface area contributed by atoms with Crippen molar-refractivity contribution in [3.05, 3.63) is 65.7 Å². The van der Waals surface area contributed by atoms with E-state index in [1.165, 1.54) is 5.56 Å². The quantitative estimate of drug-likeness (QED) is 0.778. The SMILES string of the molecule is CCCC(=O)c1ccccc1NCc1ccccc1. The average molecular weight is 253 g/mol. The summed E-state index contributed by atoms with van der Waals surface area (Å²) < 4.78 is 0. The highest BCUT2D eigenvalue weighted by atomic mass is 16.1. The van der Waals surface area contributed by atoms with E-state index in [0.717, 1.165) is 24.2 Å². The lowest BCUT2D eigenvalue weighted by molar-refractivity contribution is 0.0982. The number of hydrogen-bond acceptors (Lipinski definition) is 2. The first-order valence-corrected chi connectivity index (χ1v) is 6.71. The van der Waals surface area contributed by atoms with E-state index in [1.807, 2.05) is 49.4 Å². The summed E-state index contributed by atoms with van der Waals surface area (Å²) in [5, 5.41) is 3.35. The van der Waals surface area contributed by atoms with Crippen molar-refractivity contribution in [3.63, 3.8) is 0 Å². The van der Waals surface area contributed by atoms with E-state index in [-0.39, 0.29) is 5.78 Å². The lowest BCUT2D eigenvalue weighted by atomic mass is 10.0. The maximum absolute atomic E-state index is 12.0. The zero-order chi connectivity index (χ0) is 13.5. The summed E-state index contributed by atoms with van der Waals surface area (Å²) in [6, 6.07) is 17.9. The Morgan fingerprint density at radius 1 is 1.00 bits per heavy atom. The molecule has 0 saturated heterocycles. The molecule has 0 heterocycles. The van der Waals surface area contributed by atoms with Gasteiger partial charge in [-0.3, -0.25) is 4.79 Å². The maximum atomic E-state index is 12.0. The van der Waals surface area contributed by atoms with Crippen LogP contribution in [-0.2, 0) is 6.54 Å². The van der Waals surface area contributed by atoms with E-state index < -0.39 is 0 Å². The van der Waals surface area contributed by atoms with Crippen molar-refractivity contribution in [1.82, 2.24) is 0 Å². The van der Waals surface area contributed by atoms with Gasteiger partial charge in [-0.1, -0.05) is 49.4 Å². The van der Waals surface area contributed by atoms with Crippen LogP contribution in [0, 0.1) is 0 Å². The number of rotatable bonds is 6. The molecule has 0 saturated carbocycles. The third-order valence-corrected chi connectivity index (χ3v) is 3.03. The third kappa shape index (κ3) is 3.68. The summed E-state index contributed by atoms with van der Waals surface area (Å²) in [6.07, 6.45) is 1.48. The van der Waals surface area contributed by atoms with Crippen LogP contribution in [0.1, 0.15) is 35.7 Å². The first-order chi connectivity index (χ1) is 9.31. The third-order valence-electron chi connectivity index (χ3n) is 3.03. The minimum atomic E-state index is 0.207. The van der Waals surface area contributed by atoms with E-state index >= 15 is 0 Å². The Morgan fingerprint density at radius 3 is 2.42 bits per heavy atom. The molecule has 0 spiro atoms. The van der Waals surface area contributed by atoms with Gasteiger partial charge in [0.15, 0.2) is 5.78 Å². The Morgan fingerprint density at radius 2 is 1.68 bits per heavy atom. The van der Waals surface area contributed by atoms with Gasteiger partial charge in [-0.25, -0.2) is 0 Å². The molecular formula is C17H19NO. The van der Waals surface area contributed by atoms with Crippen LogP contribution in [0.3, 0.4) is 0 Å². The standard InChI is InChI=1S/C17H19NO/c1-2-8-17(19)15-11-6-7-12-16(15)18-13-14-9-4-3-5-10-14/h3-7,9-12,18H,2,8,13H2,1H3. The highest BCUT2D eigenvalue weighted by Crippen LogP contribution is 2.18. The maximum Gasteiger partial charge on any atom is 0.164 e. The van der Waals surface area contributed by atoms with Gasteiger partial charge >= 0.3 is 0 Å². The van der Waals surface area contributed by atoms with Gasteiger partial charge in [-0.2, -0.15) is 0 Å². The number of carbonyl (C=O) groups is 1. The molecule has 98 valence electrons. The predicted octanol–water partition coefficient (Wildman–Crippen LogP) is 4.28. The smallest absolute Gasteiger partial charge is 0.164 e. The molecule has 0 aliphatic rings. The van der Waals surface area contributed by atoms with Crippen molar-refractivity contribution < 1.29 is 4.79 Å². The number of nitrogens with one attached hydrogen (secondary N) is 1. The van der Waals surface area contributed by atoms with Crippen molar-refractivity contribution in [2.24, 2.45) is 0 Å². The minimum absolute atomic E-state index is 0.207. The Hall–Kier alpha value is -2.09. The highest BCUT2D eigenvalue weighted by Gasteiger charge is 2.09. The molecule has 19 heavy (non-hydrogen) atoms. The number of para-hydroxylation sites is 1. The molecule has 2 nitrogen and oxygen atoms in total.